The topological polar surface area (TPSA) is 61.3 Å². The summed E-state index contributed by atoms with van der Waals surface area (Å²) in [5, 5.41) is 13.0. The van der Waals surface area contributed by atoms with E-state index in [-0.39, 0.29) is 6.10 Å². The van der Waals surface area contributed by atoms with Crippen LogP contribution in [0.2, 0.25) is 0 Å². The minimum absolute atomic E-state index is 0.223. The summed E-state index contributed by atoms with van der Waals surface area (Å²) >= 11 is 0. The summed E-state index contributed by atoms with van der Waals surface area (Å²) in [4.78, 5) is 10.9. The molecule has 116 valence electrons. The van der Waals surface area contributed by atoms with Crippen molar-refractivity contribution in [1.82, 2.24) is 14.9 Å². The van der Waals surface area contributed by atoms with Gasteiger partial charge in [0.25, 0.3) is 0 Å². The standard InChI is InChI=1S/C16H26N4O/c1-12(21)9-20-10-14-5-2-4-13(15(14)11-20)8-19-16-17-6-3-7-18-16/h3,6-7,12-15,21H,2,4-5,8-11H2,1H3,(H,17,18,19)/t12?,13-,14+,15-/m0/s1. The summed E-state index contributed by atoms with van der Waals surface area (Å²) in [5.41, 5.74) is 0. The highest BCUT2D eigenvalue weighted by molar-refractivity contribution is 5.22. The molecule has 5 nitrogen and oxygen atoms in total. The number of likely N-dealkylation sites (tertiary alicyclic amines) is 1. The zero-order chi connectivity index (χ0) is 14.7. The molecule has 2 aliphatic rings. The van der Waals surface area contributed by atoms with Gasteiger partial charge in [0.05, 0.1) is 6.10 Å². The zero-order valence-corrected chi connectivity index (χ0v) is 12.8. The summed E-state index contributed by atoms with van der Waals surface area (Å²) in [6, 6.07) is 1.84. The van der Waals surface area contributed by atoms with Crippen LogP contribution >= 0.6 is 0 Å². The molecule has 2 fully saturated rings. The Bertz CT molecular complexity index is 439. The average molecular weight is 290 g/mol. The molecular formula is C16H26N4O. The van der Waals surface area contributed by atoms with Crippen LogP contribution in [-0.4, -0.2) is 52.3 Å². The largest absolute Gasteiger partial charge is 0.392 e. The summed E-state index contributed by atoms with van der Waals surface area (Å²) in [5.74, 6) is 3.00. The average Bonchev–Trinajstić information content (AvgIpc) is 2.88. The molecule has 1 saturated carbocycles. The van der Waals surface area contributed by atoms with Crippen LogP contribution in [0.25, 0.3) is 0 Å². The molecule has 0 radical (unpaired) electrons. The molecule has 0 spiro atoms. The van der Waals surface area contributed by atoms with Crippen molar-refractivity contribution in [3.05, 3.63) is 18.5 Å². The van der Waals surface area contributed by atoms with Gasteiger partial charge < -0.3 is 15.3 Å². The summed E-state index contributed by atoms with van der Waals surface area (Å²) in [7, 11) is 0. The van der Waals surface area contributed by atoms with Crippen molar-refractivity contribution in [3.63, 3.8) is 0 Å². The number of rotatable bonds is 5. The zero-order valence-electron chi connectivity index (χ0n) is 12.8. The normalized spacial score (nSPS) is 30.9. The van der Waals surface area contributed by atoms with Gasteiger partial charge in [-0.2, -0.15) is 0 Å². The van der Waals surface area contributed by atoms with Gasteiger partial charge >= 0.3 is 0 Å². The fourth-order valence-electron chi connectivity index (χ4n) is 4.07. The van der Waals surface area contributed by atoms with E-state index in [9.17, 15) is 5.11 Å². The second-order valence-corrected chi connectivity index (χ2v) is 6.64. The molecule has 1 aliphatic heterocycles. The Kier molecular flexibility index (Phi) is 4.70. The molecule has 2 heterocycles. The first kappa shape index (κ1) is 14.7. The molecular weight excluding hydrogens is 264 g/mol. The van der Waals surface area contributed by atoms with E-state index in [1.54, 1.807) is 12.4 Å². The summed E-state index contributed by atoms with van der Waals surface area (Å²) in [6.07, 6.45) is 7.30. The molecule has 1 unspecified atom stereocenters. The van der Waals surface area contributed by atoms with Gasteiger partial charge in [-0.25, -0.2) is 9.97 Å². The molecule has 0 aromatic carbocycles. The second-order valence-electron chi connectivity index (χ2n) is 6.64. The summed E-state index contributed by atoms with van der Waals surface area (Å²) in [6.45, 7) is 5.96. The Morgan fingerprint density at radius 2 is 2.14 bits per heavy atom. The van der Waals surface area contributed by atoms with Crippen molar-refractivity contribution < 1.29 is 5.11 Å². The molecule has 0 bridgehead atoms. The molecule has 2 N–H and O–H groups in total. The smallest absolute Gasteiger partial charge is 0.222 e. The number of nitrogens with zero attached hydrogens (tertiary/aromatic N) is 3. The van der Waals surface area contributed by atoms with Crippen molar-refractivity contribution in [1.29, 1.82) is 0 Å². The Balaban J connectivity index is 1.56. The lowest BCUT2D eigenvalue weighted by molar-refractivity contribution is 0.136. The highest BCUT2D eigenvalue weighted by Crippen LogP contribution is 2.40. The molecule has 4 atom stereocenters. The predicted molar refractivity (Wildman–Crippen MR) is 83.0 cm³/mol. The van der Waals surface area contributed by atoms with E-state index in [0.29, 0.717) is 5.92 Å². The number of hydrogen-bond donors (Lipinski definition) is 2. The molecule has 3 rings (SSSR count). The van der Waals surface area contributed by atoms with Gasteiger partial charge in [0.2, 0.25) is 5.95 Å². The van der Waals surface area contributed by atoms with Gasteiger partial charge in [-0.05, 0) is 43.6 Å². The number of nitrogens with one attached hydrogen (secondary N) is 1. The van der Waals surface area contributed by atoms with Gasteiger partial charge in [0.1, 0.15) is 0 Å². The van der Waals surface area contributed by atoms with Gasteiger partial charge in [0, 0.05) is 38.6 Å². The van der Waals surface area contributed by atoms with Gasteiger partial charge in [-0.15, -0.1) is 0 Å². The third-order valence-corrected chi connectivity index (χ3v) is 4.93. The van der Waals surface area contributed by atoms with Crippen LogP contribution in [0, 0.1) is 17.8 Å². The first-order valence-electron chi connectivity index (χ1n) is 8.13. The lowest BCUT2D eigenvalue weighted by Gasteiger charge is -2.33. The Morgan fingerprint density at radius 1 is 1.33 bits per heavy atom. The van der Waals surface area contributed by atoms with Crippen LogP contribution < -0.4 is 5.32 Å². The van der Waals surface area contributed by atoms with Crippen LogP contribution in [0.5, 0.6) is 0 Å². The van der Waals surface area contributed by atoms with Crippen LogP contribution in [0.15, 0.2) is 18.5 Å². The van der Waals surface area contributed by atoms with Crippen molar-refractivity contribution >= 4 is 5.95 Å². The van der Waals surface area contributed by atoms with E-state index >= 15 is 0 Å². The van der Waals surface area contributed by atoms with Crippen LogP contribution in [0.4, 0.5) is 5.95 Å². The maximum absolute atomic E-state index is 9.59. The summed E-state index contributed by atoms with van der Waals surface area (Å²) < 4.78 is 0. The van der Waals surface area contributed by atoms with Gasteiger partial charge in [-0.3, -0.25) is 0 Å². The quantitative estimate of drug-likeness (QED) is 0.863. The van der Waals surface area contributed by atoms with Crippen LogP contribution in [-0.2, 0) is 0 Å². The lowest BCUT2D eigenvalue weighted by atomic mass is 9.74. The van der Waals surface area contributed by atoms with E-state index in [0.717, 1.165) is 44.0 Å². The fraction of sp³-hybridized carbons (Fsp3) is 0.750. The number of aromatic nitrogens is 2. The number of aliphatic hydroxyl groups excluding tert-OH is 1. The third kappa shape index (κ3) is 3.71. The minimum atomic E-state index is -0.223. The Labute approximate surface area is 126 Å². The van der Waals surface area contributed by atoms with Gasteiger partial charge in [0.15, 0.2) is 0 Å². The number of aliphatic hydroxyl groups is 1. The molecule has 0 amide bonds. The third-order valence-electron chi connectivity index (χ3n) is 4.93. The highest BCUT2D eigenvalue weighted by atomic mass is 16.3. The molecule has 1 aromatic heterocycles. The van der Waals surface area contributed by atoms with Crippen LogP contribution in [0.1, 0.15) is 26.2 Å². The van der Waals surface area contributed by atoms with Crippen molar-refractivity contribution in [2.75, 3.05) is 31.5 Å². The molecule has 1 aliphatic carbocycles. The van der Waals surface area contributed by atoms with E-state index in [1.165, 1.54) is 19.3 Å². The monoisotopic (exact) mass is 290 g/mol. The number of fused-ring (bicyclic) bond motifs is 1. The van der Waals surface area contributed by atoms with E-state index in [1.807, 2.05) is 13.0 Å². The number of anilines is 1. The van der Waals surface area contributed by atoms with E-state index in [4.69, 9.17) is 0 Å². The SMILES string of the molecule is CC(O)CN1C[C@H]2CCC[C@@H](CNc3ncccn3)[C@@H]2C1. The minimum Gasteiger partial charge on any atom is -0.392 e. The molecule has 1 aromatic rings. The highest BCUT2D eigenvalue weighted by Gasteiger charge is 2.40. The van der Waals surface area contributed by atoms with E-state index in [2.05, 4.69) is 20.2 Å². The second kappa shape index (κ2) is 6.71. The van der Waals surface area contributed by atoms with Gasteiger partial charge in [-0.1, -0.05) is 6.42 Å². The first-order valence-corrected chi connectivity index (χ1v) is 8.13. The number of β-amino-alcohol motifs (C(OH)–C–C–N with tert-alkyl or cyclic N) is 1. The van der Waals surface area contributed by atoms with Crippen molar-refractivity contribution in [2.45, 2.75) is 32.3 Å². The number of hydrogen-bond acceptors (Lipinski definition) is 5. The first-order chi connectivity index (χ1) is 10.2. The molecule has 1 saturated heterocycles. The van der Waals surface area contributed by atoms with Crippen molar-refractivity contribution in [2.24, 2.45) is 17.8 Å². The maximum Gasteiger partial charge on any atom is 0.222 e. The maximum atomic E-state index is 9.59. The Hall–Kier alpha value is -1.20. The predicted octanol–water partition coefficient (Wildman–Crippen LogP) is 1.62. The van der Waals surface area contributed by atoms with Crippen LogP contribution in [0.3, 0.4) is 0 Å². The van der Waals surface area contributed by atoms with E-state index < -0.39 is 0 Å². The lowest BCUT2D eigenvalue weighted by Crippen LogP contribution is -2.33. The fourth-order valence-corrected chi connectivity index (χ4v) is 4.07. The Morgan fingerprint density at radius 3 is 2.90 bits per heavy atom. The molecule has 21 heavy (non-hydrogen) atoms. The van der Waals surface area contributed by atoms with Crippen molar-refractivity contribution in [3.8, 4) is 0 Å². The molecule has 5 heteroatoms.